The van der Waals surface area contributed by atoms with Crippen molar-refractivity contribution in [3.63, 3.8) is 0 Å². The van der Waals surface area contributed by atoms with Gasteiger partial charge in [0.2, 0.25) is 0 Å². The Hall–Kier alpha value is -1.90. The van der Waals surface area contributed by atoms with Crippen molar-refractivity contribution in [3.05, 3.63) is 48.6 Å². The van der Waals surface area contributed by atoms with E-state index in [1.165, 1.54) is 0 Å². The van der Waals surface area contributed by atoms with Crippen molar-refractivity contribution in [2.75, 3.05) is 6.54 Å². The first-order chi connectivity index (χ1) is 9.09. The fraction of sp³-hybridized carbons (Fsp3) is 0.375. The highest BCUT2D eigenvalue weighted by atomic mass is 16.2. The Labute approximate surface area is 113 Å². The molecule has 0 unspecified atom stereocenters. The maximum Gasteiger partial charge on any atom is 0.254 e. The highest BCUT2D eigenvalue weighted by Crippen LogP contribution is 2.29. The van der Waals surface area contributed by atoms with E-state index in [0.29, 0.717) is 24.9 Å². The molecule has 1 saturated heterocycles. The van der Waals surface area contributed by atoms with E-state index in [9.17, 15) is 9.59 Å². The van der Waals surface area contributed by atoms with E-state index in [1.54, 1.807) is 23.1 Å². The van der Waals surface area contributed by atoms with Gasteiger partial charge in [0.05, 0.1) is 0 Å². The van der Waals surface area contributed by atoms with Crippen LogP contribution in [-0.2, 0) is 4.79 Å². The van der Waals surface area contributed by atoms with Crippen molar-refractivity contribution in [1.82, 2.24) is 4.90 Å². The Morgan fingerprint density at radius 3 is 2.74 bits per heavy atom. The van der Waals surface area contributed by atoms with Crippen molar-refractivity contribution < 1.29 is 9.59 Å². The van der Waals surface area contributed by atoms with Gasteiger partial charge >= 0.3 is 0 Å². The third-order valence-electron chi connectivity index (χ3n) is 3.79. The van der Waals surface area contributed by atoms with Gasteiger partial charge in [-0.1, -0.05) is 24.3 Å². The van der Waals surface area contributed by atoms with Gasteiger partial charge in [-0.05, 0) is 31.9 Å². The average Bonchev–Trinajstić information content (AvgIpc) is 2.43. The topological polar surface area (TPSA) is 37.4 Å². The van der Waals surface area contributed by atoms with Crippen LogP contribution >= 0.6 is 0 Å². The number of hydrogen-bond acceptors (Lipinski definition) is 2. The number of benzene rings is 1. The molecule has 0 N–H and O–H groups in total. The fourth-order valence-corrected chi connectivity index (χ4v) is 2.63. The molecule has 0 radical (unpaired) electrons. The minimum atomic E-state index is -0.743. The van der Waals surface area contributed by atoms with E-state index >= 15 is 0 Å². The predicted octanol–water partition coefficient (Wildman–Crippen LogP) is 2.83. The van der Waals surface area contributed by atoms with E-state index in [1.807, 2.05) is 25.1 Å². The van der Waals surface area contributed by atoms with Crippen LogP contribution in [0.4, 0.5) is 0 Å². The van der Waals surface area contributed by atoms with Crippen molar-refractivity contribution in [1.29, 1.82) is 0 Å². The Kier molecular flexibility index (Phi) is 3.84. The lowest BCUT2D eigenvalue weighted by molar-refractivity contribution is -0.131. The molecule has 1 aromatic carbocycles. The molecular formula is C16H19NO2. The third-order valence-corrected chi connectivity index (χ3v) is 3.79. The van der Waals surface area contributed by atoms with Gasteiger partial charge in [0.1, 0.15) is 5.54 Å². The summed E-state index contributed by atoms with van der Waals surface area (Å²) in [5.41, 5.74) is -0.111. The second-order valence-corrected chi connectivity index (χ2v) is 5.12. The van der Waals surface area contributed by atoms with Crippen LogP contribution in [0.1, 0.15) is 36.5 Å². The predicted molar refractivity (Wildman–Crippen MR) is 74.9 cm³/mol. The van der Waals surface area contributed by atoms with Gasteiger partial charge in [-0.3, -0.25) is 9.59 Å². The summed E-state index contributed by atoms with van der Waals surface area (Å²) in [6, 6.07) is 9.13. The Balaban J connectivity index is 2.33. The summed E-state index contributed by atoms with van der Waals surface area (Å²) in [6.07, 6.45) is 3.51. The van der Waals surface area contributed by atoms with Crippen LogP contribution in [0.2, 0.25) is 0 Å². The molecule has 19 heavy (non-hydrogen) atoms. The van der Waals surface area contributed by atoms with Gasteiger partial charge in [0, 0.05) is 18.5 Å². The number of nitrogens with zero attached hydrogens (tertiary/aromatic N) is 1. The fourth-order valence-electron chi connectivity index (χ4n) is 2.63. The number of carbonyl (C=O) groups excluding carboxylic acids is 2. The van der Waals surface area contributed by atoms with E-state index in [4.69, 9.17) is 0 Å². The second-order valence-electron chi connectivity index (χ2n) is 5.12. The molecule has 1 aromatic rings. The third kappa shape index (κ3) is 2.46. The summed E-state index contributed by atoms with van der Waals surface area (Å²) < 4.78 is 0. The minimum absolute atomic E-state index is 0.0713. The normalized spacial score (nSPS) is 23.2. The smallest absolute Gasteiger partial charge is 0.254 e. The minimum Gasteiger partial charge on any atom is -0.326 e. The molecular weight excluding hydrogens is 238 g/mol. The monoisotopic (exact) mass is 257 g/mol. The first-order valence-electron chi connectivity index (χ1n) is 6.61. The van der Waals surface area contributed by atoms with Crippen LogP contribution in [0.25, 0.3) is 0 Å². The molecule has 0 saturated carbocycles. The largest absolute Gasteiger partial charge is 0.326 e. The number of hydrogen-bond donors (Lipinski definition) is 0. The first kappa shape index (κ1) is 13.5. The highest BCUT2D eigenvalue weighted by Gasteiger charge is 2.43. The number of Topliss-reactive ketones (excluding diaryl/α,β-unsaturated/α-hetero) is 1. The molecule has 2 rings (SSSR count). The van der Waals surface area contributed by atoms with Crippen LogP contribution in [0, 0.1) is 0 Å². The van der Waals surface area contributed by atoms with Gasteiger partial charge in [0.25, 0.3) is 5.91 Å². The Bertz CT molecular complexity index is 495. The molecule has 100 valence electrons. The van der Waals surface area contributed by atoms with Gasteiger partial charge in [-0.2, -0.15) is 0 Å². The van der Waals surface area contributed by atoms with E-state index in [-0.39, 0.29) is 11.7 Å². The lowest BCUT2D eigenvalue weighted by Crippen LogP contribution is -2.57. The molecule has 1 atom stereocenters. The van der Waals surface area contributed by atoms with E-state index < -0.39 is 5.54 Å². The molecule has 1 fully saturated rings. The second kappa shape index (κ2) is 5.39. The van der Waals surface area contributed by atoms with E-state index in [0.717, 1.165) is 6.42 Å². The van der Waals surface area contributed by atoms with E-state index in [2.05, 4.69) is 6.58 Å². The highest BCUT2D eigenvalue weighted by molar-refractivity contribution is 6.00. The number of likely N-dealkylation sites (tertiary alicyclic amines) is 1. The quantitative estimate of drug-likeness (QED) is 0.781. The molecule has 0 bridgehead atoms. The van der Waals surface area contributed by atoms with Crippen LogP contribution in [0.3, 0.4) is 0 Å². The Morgan fingerprint density at radius 1 is 1.42 bits per heavy atom. The van der Waals surface area contributed by atoms with Crippen molar-refractivity contribution in [3.8, 4) is 0 Å². The van der Waals surface area contributed by atoms with Gasteiger partial charge in [-0.25, -0.2) is 0 Å². The number of carbonyl (C=O) groups is 2. The lowest BCUT2D eigenvalue weighted by atomic mass is 9.83. The zero-order chi connectivity index (χ0) is 13.9. The zero-order valence-electron chi connectivity index (χ0n) is 11.3. The van der Waals surface area contributed by atoms with Crippen LogP contribution in [-0.4, -0.2) is 28.7 Å². The summed E-state index contributed by atoms with van der Waals surface area (Å²) in [5, 5.41) is 0. The molecule has 0 spiro atoms. The average molecular weight is 257 g/mol. The molecule has 1 amide bonds. The van der Waals surface area contributed by atoms with Crippen LogP contribution < -0.4 is 0 Å². The summed E-state index contributed by atoms with van der Waals surface area (Å²) in [4.78, 5) is 26.5. The van der Waals surface area contributed by atoms with Crippen LogP contribution in [0.5, 0.6) is 0 Å². The summed E-state index contributed by atoms with van der Waals surface area (Å²) in [5.74, 6) is 0.0564. The maximum absolute atomic E-state index is 12.6. The van der Waals surface area contributed by atoms with Crippen LogP contribution in [0.15, 0.2) is 43.0 Å². The summed E-state index contributed by atoms with van der Waals surface area (Å²) in [6.45, 7) is 6.18. The van der Waals surface area contributed by atoms with Crippen molar-refractivity contribution in [2.45, 2.75) is 31.7 Å². The van der Waals surface area contributed by atoms with Crippen molar-refractivity contribution >= 4 is 11.7 Å². The number of piperidine rings is 1. The summed E-state index contributed by atoms with van der Waals surface area (Å²) >= 11 is 0. The van der Waals surface area contributed by atoms with Gasteiger partial charge in [0.15, 0.2) is 5.78 Å². The molecule has 3 nitrogen and oxygen atoms in total. The van der Waals surface area contributed by atoms with Crippen molar-refractivity contribution in [2.24, 2.45) is 0 Å². The number of amides is 1. The molecule has 0 aromatic heterocycles. The standard InChI is InChI=1S/C16H19NO2/c1-3-11-16(2)14(18)10-7-12-17(16)15(19)13-8-5-4-6-9-13/h3-6,8-9H,1,7,10-12H2,2H3/t16-/m0/s1. The SMILES string of the molecule is C=CC[C@@]1(C)C(=O)CCCN1C(=O)c1ccccc1. The molecule has 1 heterocycles. The lowest BCUT2D eigenvalue weighted by Gasteiger charge is -2.43. The number of rotatable bonds is 3. The van der Waals surface area contributed by atoms with Gasteiger partial charge < -0.3 is 4.90 Å². The molecule has 3 heteroatoms. The molecule has 1 aliphatic heterocycles. The first-order valence-corrected chi connectivity index (χ1v) is 6.61. The summed E-state index contributed by atoms with van der Waals surface area (Å²) in [7, 11) is 0. The molecule has 0 aliphatic carbocycles. The van der Waals surface area contributed by atoms with Gasteiger partial charge in [-0.15, -0.1) is 6.58 Å². The maximum atomic E-state index is 12.6. The molecule has 1 aliphatic rings. The number of ketones is 1. The zero-order valence-corrected chi connectivity index (χ0v) is 11.3. The Morgan fingerprint density at radius 2 is 2.11 bits per heavy atom.